The average molecular weight is 378 g/mol. The first kappa shape index (κ1) is 19.6. The van der Waals surface area contributed by atoms with Crippen molar-refractivity contribution in [2.75, 3.05) is 11.4 Å². The molecule has 2 amide bonds. The van der Waals surface area contributed by atoms with Crippen molar-refractivity contribution in [2.24, 2.45) is 11.7 Å². The molecule has 6 heteroatoms. The monoisotopic (exact) mass is 378 g/mol. The largest absolute Gasteiger partial charge is 0.384 e. The summed E-state index contributed by atoms with van der Waals surface area (Å²) in [4.78, 5) is 27.2. The minimum Gasteiger partial charge on any atom is -0.384 e. The Labute approximate surface area is 165 Å². The predicted octanol–water partition coefficient (Wildman–Crippen LogP) is 2.59. The van der Waals surface area contributed by atoms with Gasteiger partial charge in [0.1, 0.15) is 12.4 Å². The number of nitrogens with zero attached hydrogens (tertiary/aromatic N) is 1. The van der Waals surface area contributed by atoms with Crippen LogP contribution in [0.3, 0.4) is 0 Å². The van der Waals surface area contributed by atoms with Gasteiger partial charge in [-0.25, -0.2) is 0 Å². The topological polar surface area (TPSA) is 99.3 Å². The van der Waals surface area contributed by atoms with E-state index in [2.05, 4.69) is 5.32 Å². The molecule has 1 heterocycles. The van der Waals surface area contributed by atoms with Crippen molar-refractivity contribution in [2.45, 2.75) is 32.7 Å². The lowest BCUT2D eigenvalue weighted by Gasteiger charge is -2.25. The zero-order valence-electron chi connectivity index (χ0n) is 16.1. The fraction of sp³-hybridized carbons (Fsp3) is 0.318. The molecule has 0 bridgehead atoms. The van der Waals surface area contributed by atoms with Crippen LogP contribution in [0.15, 0.2) is 48.5 Å². The molecule has 6 nitrogen and oxygen atoms in total. The molecule has 1 unspecified atom stereocenters. The highest BCUT2D eigenvalue weighted by atomic mass is 16.2. The van der Waals surface area contributed by atoms with E-state index < -0.39 is 0 Å². The summed E-state index contributed by atoms with van der Waals surface area (Å²) in [6, 6.07) is 15.0. The minimum atomic E-state index is -0.199. The third kappa shape index (κ3) is 4.39. The average Bonchev–Trinajstić information content (AvgIpc) is 2.83. The molecule has 0 aromatic heterocycles. The number of nitrogen functional groups attached to an aromatic ring is 1. The maximum atomic E-state index is 13.0. The summed E-state index contributed by atoms with van der Waals surface area (Å²) in [5.74, 6) is -0.220. The third-order valence-corrected chi connectivity index (χ3v) is 5.21. The number of amides is 2. The number of fused-ring (bicyclic) bond motifs is 1. The van der Waals surface area contributed by atoms with Gasteiger partial charge in [-0.15, -0.1) is 0 Å². The SMILES string of the molecule is CCC1CCc2ccccc2N(CC(=O)NCc2ccc(C(=N)N)cc2)C1=O. The van der Waals surface area contributed by atoms with Crippen LogP contribution in [-0.4, -0.2) is 24.2 Å². The van der Waals surface area contributed by atoms with Crippen molar-refractivity contribution < 1.29 is 9.59 Å². The summed E-state index contributed by atoms with van der Waals surface area (Å²) in [6.45, 7) is 2.39. The zero-order chi connectivity index (χ0) is 20.1. The van der Waals surface area contributed by atoms with Crippen molar-refractivity contribution in [1.29, 1.82) is 5.41 Å². The molecule has 1 aliphatic heterocycles. The van der Waals surface area contributed by atoms with Crippen LogP contribution < -0.4 is 16.0 Å². The summed E-state index contributed by atoms with van der Waals surface area (Å²) < 4.78 is 0. The summed E-state index contributed by atoms with van der Waals surface area (Å²) >= 11 is 0. The first-order valence-electron chi connectivity index (χ1n) is 9.59. The minimum absolute atomic E-state index is 0.0118. The Balaban J connectivity index is 1.69. The van der Waals surface area contributed by atoms with Gasteiger partial charge in [-0.2, -0.15) is 0 Å². The van der Waals surface area contributed by atoms with Crippen molar-refractivity contribution in [3.8, 4) is 0 Å². The first-order chi connectivity index (χ1) is 13.5. The molecule has 28 heavy (non-hydrogen) atoms. The Morgan fingerprint density at radius 1 is 1.21 bits per heavy atom. The van der Waals surface area contributed by atoms with Crippen LogP contribution in [0.5, 0.6) is 0 Å². The molecule has 2 aromatic carbocycles. The number of hydrogen-bond acceptors (Lipinski definition) is 3. The number of carbonyl (C=O) groups is 2. The van der Waals surface area contributed by atoms with E-state index in [-0.39, 0.29) is 30.1 Å². The van der Waals surface area contributed by atoms with Crippen LogP contribution in [0.25, 0.3) is 0 Å². The number of para-hydroxylation sites is 1. The number of nitrogens with two attached hydrogens (primary N) is 1. The molecule has 0 saturated heterocycles. The molecular weight excluding hydrogens is 352 g/mol. The highest BCUT2D eigenvalue weighted by Crippen LogP contribution is 2.30. The van der Waals surface area contributed by atoms with E-state index in [1.54, 1.807) is 17.0 Å². The van der Waals surface area contributed by atoms with E-state index in [9.17, 15) is 9.59 Å². The summed E-state index contributed by atoms with van der Waals surface area (Å²) in [7, 11) is 0. The highest BCUT2D eigenvalue weighted by molar-refractivity contribution is 6.01. The van der Waals surface area contributed by atoms with E-state index in [4.69, 9.17) is 11.1 Å². The van der Waals surface area contributed by atoms with Crippen LogP contribution in [-0.2, 0) is 22.6 Å². The van der Waals surface area contributed by atoms with Gasteiger partial charge in [-0.3, -0.25) is 15.0 Å². The number of anilines is 1. The maximum absolute atomic E-state index is 13.0. The number of amidine groups is 1. The molecule has 0 spiro atoms. The second-order valence-electron chi connectivity index (χ2n) is 7.08. The first-order valence-corrected chi connectivity index (χ1v) is 9.59. The van der Waals surface area contributed by atoms with Crippen molar-refractivity contribution in [3.05, 3.63) is 65.2 Å². The van der Waals surface area contributed by atoms with E-state index in [1.807, 2.05) is 43.3 Å². The van der Waals surface area contributed by atoms with Gasteiger partial charge in [0.2, 0.25) is 11.8 Å². The van der Waals surface area contributed by atoms with Gasteiger partial charge in [-0.05, 0) is 36.5 Å². The van der Waals surface area contributed by atoms with E-state index in [0.29, 0.717) is 12.1 Å². The molecule has 1 aliphatic rings. The lowest BCUT2D eigenvalue weighted by atomic mass is 9.98. The molecule has 0 radical (unpaired) electrons. The fourth-order valence-corrected chi connectivity index (χ4v) is 3.52. The molecule has 146 valence electrons. The molecule has 0 saturated carbocycles. The number of carbonyl (C=O) groups excluding carboxylic acids is 2. The molecule has 0 aliphatic carbocycles. The number of hydrogen-bond donors (Lipinski definition) is 3. The van der Waals surface area contributed by atoms with Crippen LogP contribution >= 0.6 is 0 Å². The van der Waals surface area contributed by atoms with Gasteiger partial charge in [0.25, 0.3) is 0 Å². The Kier molecular flexibility index (Phi) is 6.09. The number of nitrogens with one attached hydrogen (secondary N) is 2. The van der Waals surface area contributed by atoms with Crippen LogP contribution in [0, 0.1) is 11.3 Å². The van der Waals surface area contributed by atoms with E-state index >= 15 is 0 Å². The van der Waals surface area contributed by atoms with E-state index in [1.165, 1.54) is 0 Å². The Morgan fingerprint density at radius 2 is 1.93 bits per heavy atom. The molecule has 4 N–H and O–H groups in total. The molecular formula is C22H26N4O2. The van der Waals surface area contributed by atoms with Crippen LogP contribution in [0.2, 0.25) is 0 Å². The van der Waals surface area contributed by atoms with Crippen molar-refractivity contribution in [1.82, 2.24) is 5.32 Å². The zero-order valence-corrected chi connectivity index (χ0v) is 16.1. The van der Waals surface area contributed by atoms with Crippen molar-refractivity contribution in [3.63, 3.8) is 0 Å². The van der Waals surface area contributed by atoms with Gasteiger partial charge in [0.05, 0.1) is 0 Å². The lowest BCUT2D eigenvalue weighted by molar-refractivity contribution is -0.126. The Hall–Kier alpha value is -3.15. The molecule has 3 rings (SSSR count). The maximum Gasteiger partial charge on any atom is 0.240 e. The lowest BCUT2D eigenvalue weighted by Crippen LogP contribution is -2.42. The number of benzene rings is 2. The van der Waals surface area contributed by atoms with E-state index in [0.717, 1.165) is 36.1 Å². The quantitative estimate of drug-likeness (QED) is 0.532. The van der Waals surface area contributed by atoms with Gasteiger partial charge in [0.15, 0.2) is 0 Å². The third-order valence-electron chi connectivity index (χ3n) is 5.21. The molecule has 1 atom stereocenters. The Morgan fingerprint density at radius 3 is 2.61 bits per heavy atom. The summed E-state index contributed by atoms with van der Waals surface area (Å²) in [6.07, 6.45) is 2.43. The molecule has 0 fully saturated rings. The van der Waals surface area contributed by atoms with Gasteiger partial charge < -0.3 is 16.0 Å². The fourth-order valence-electron chi connectivity index (χ4n) is 3.52. The van der Waals surface area contributed by atoms with Crippen LogP contribution in [0.1, 0.15) is 36.5 Å². The number of rotatable bonds is 6. The van der Waals surface area contributed by atoms with Gasteiger partial charge >= 0.3 is 0 Å². The summed E-state index contributed by atoms with van der Waals surface area (Å²) in [5, 5.41) is 10.3. The summed E-state index contributed by atoms with van der Waals surface area (Å²) in [5.41, 5.74) is 8.96. The van der Waals surface area contributed by atoms with Gasteiger partial charge in [0, 0.05) is 23.7 Å². The van der Waals surface area contributed by atoms with Crippen LogP contribution in [0.4, 0.5) is 5.69 Å². The smallest absolute Gasteiger partial charge is 0.240 e. The molecule has 2 aromatic rings. The van der Waals surface area contributed by atoms with Gasteiger partial charge in [-0.1, -0.05) is 49.4 Å². The number of aryl methyl sites for hydroxylation is 1. The Bertz CT molecular complexity index is 876. The highest BCUT2D eigenvalue weighted by Gasteiger charge is 2.30. The second-order valence-corrected chi connectivity index (χ2v) is 7.08. The normalized spacial score (nSPS) is 16.2. The standard InChI is InChI=1S/C22H26N4O2/c1-2-16-11-12-17-5-3-4-6-19(17)26(22(16)28)14-20(27)25-13-15-7-9-18(10-8-15)21(23)24/h3-10,16H,2,11-14H2,1H3,(H3,23,24)(H,25,27). The second kappa shape index (κ2) is 8.69. The van der Waals surface area contributed by atoms with Crippen molar-refractivity contribution >= 4 is 23.3 Å². The predicted molar refractivity (Wildman–Crippen MR) is 110 cm³/mol.